The molecule has 0 radical (unpaired) electrons. The van der Waals surface area contributed by atoms with Crippen LogP contribution < -0.4 is 16.4 Å². The summed E-state index contributed by atoms with van der Waals surface area (Å²) in [6, 6.07) is 2.96. The van der Waals surface area contributed by atoms with Crippen LogP contribution in [0.2, 0.25) is 0 Å². The number of primary amides is 1. The number of urea groups is 1. The van der Waals surface area contributed by atoms with Gasteiger partial charge >= 0.3 is 12.0 Å². The Labute approximate surface area is 107 Å². The Kier molecular flexibility index (Phi) is 4.81. The Morgan fingerprint density at radius 3 is 2.47 bits per heavy atom. The summed E-state index contributed by atoms with van der Waals surface area (Å²) in [4.78, 5) is 32.9. The monoisotopic (exact) mass is 269 g/mol. The predicted octanol–water partition coefficient (Wildman–Crippen LogP) is 0.276. The highest BCUT2D eigenvalue weighted by Gasteiger charge is 2.22. The first kappa shape index (κ1) is 14.4. The van der Waals surface area contributed by atoms with E-state index in [1.807, 2.05) is 5.32 Å². The van der Waals surface area contributed by atoms with E-state index >= 15 is 0 Å². The molecular formula is C11H12FN3O4. The zero-order valence-electron chi connectivity index (χ0n) is 9.72. The molecule has 0 aliphatic rings. The number of carboxylic acids is 1. The number of aliphatic carboxylic acids is 1. The first-order chi connectivity index (χ1) is 8.90. The van der Waals surface area contributed by atoms with Crippen molar-refractivity contribution in [1.29, 1.82) is 0 Å². The fourth-order valence-corrected chi connectivity index (χ4v) is 1.28. The fourth-order valence-electron chi connectivity index (χ4n) is 1.28. The van der Waals surface area contributed by atoms with E-state index in [9.17, 15) is 18.8 Å². The number of carboxylic acid groups (broad SMARTS) is 1. The number of carbonyl (C=O) groups is 3. The molecule has 0 unspecified atom stereocenters. The lowest BCUT2D eigenvalue weighted by atomic mass is 10.2. The number of hydrogen-bond acceptors (Lipinski definition) is 3. The van der Waals surface area contributed by atoms with Gasteiger partial charge in [0.05, 0.1) is 12.1 Å². The highest BCUT2D eigenvalue weighted by Crippen LogP contribution is 2.11. The number of benzene rings is 1. The van der Waals surface area contributed by atoms with Gasteiger partial charge in [-0.15, -0.1) is 0 Å². The van der Waals surface area contributed by atoms with Crippen LogP contribution in [-0.2, 0) is 9.59 Å². The molecule has 3 amide bonds. The van der Waals surface area contributed by atoms with Gasteiger partial charge in [0, 0.05) is 0 Å². The van der Waals surface area contributed by atoms with Crippen LogP contribution in [0.3, 0.4) is 0 Å². The summed E-state index contributed by atoms with van der Waals surface area (Å²) in [6.07, 6.45) is -0.556. The van der Waals surface area contributed by atoms with E-state index in [4.69, 9.17) is 10.8 Å². The Bertz CT molecular complexity index is 506. The summed E-state index contributed by atoms with van der Waals surface area (Å²) in [5, 5.41) is 12.9. The zero-order valence-corrected chi connectivity index (χ0v) is 9.72. The van der Waals surface area contributed by atoms with Gasteiger partial charge in [-0.2, -0.15) is 0 Å². The van der Waals surface area contributed by atoms with Gasteiger partial charge in [0.1, 0.15) is 11.9 Å². The molecule has 19 heavy (non-hydrogen) atoms. The topological polar surface area (TPSA) is 122 Å². The highest BCUT2D eigenvalue weighted by atomic mass is 19.1. The van der Waals surface area contributed by atoms with Crippen LogP contribution in [0.5, 0.6) is 0 Å². The van der Waals surface area contributed by atoms with Crippen molar-refractivity contribution in [3.8, 4) is 0 Å². The van der Waals surface area contributed by atoms with Crippen LogP contribution in [0.4, 0.5) is 14.9 Å². The lowest BCUT2D eigenvalue weighted by Gasteiger charge is -2.13. The number of halogens is 1. The van der Waals surface area contributed by atoms with E-state index < -0.39 is 36.2 Å². The third-order valence-electron chi connectivity index (χ3n) is 2.13. The maximum atomic E-state index is 13.2. The van der Waals surface area contributed by atoms with Crippen LogP contribution in [0.1, 0.15) is 6.42 Å². The highest BCUT2D eigenvalue weighted by molar-refractivity contribution is 5.93. The van der Waals surface area contributed by atoms with Crippen molar-refractivity contribution in [2.75, 3.05) is 5.32 Å². The van der Waals surface area contributed by atoms with Crippen LogP contribution in [0.25, 0.3) is 0 Å². The van der Waals surface area contributed by atoms with Crippen molar-refractivity contribution >= 4 is 23.6 Å². The number of nitrogens with two attached hydrogens (primary N) is 1. The SMILES string of the molecule is NC(=O)C[C@H](NC(=O)Nc1ccccc1F)C(=O)O. The first-order valence-corrected chi connectivity index (χ1v) is 5.23. The molecule has 1 aromatic rings. The van der Waals surface area contributed by atoms with Gasteiger partial charge in [-0.25, -0.2) is 14.0 Å². The normalized spacial score (nSPS) is 11.4. The number of rotatable bonds is 5. The van der Waals surface area contributed by atoms with Gasteiger partial charge in [-0.3, -0.25) is 4.79 Å². The number of para-hydroxylation sites is 1. The molecule has 0 aliphatic heterocycles. The maximum absolute atomic E-state index is 13.2. The minimum absolute atomic E-state index is 0.108. The van der Waals surface area contributed by atoms with Crippen LogP contribution in [-0.4, -0.2) is 29.1 Å². The summed E-state index contributed by atoms with van der Waals surface area (Å²) in [6.45, 7) is 0. The third kappa shape index (κ3) is 4.62. The molecule has 0 spiro atoms. The van der Waals surface area contributed by atoms with Gasteiger partial charge in [-0.1, -0.05) is 12.1 Å². The quantitative estimate of drug-likeness (QED) is 0.613. The number of amides is 3. The molecular weight excluding hydrogens is 257 g/mol. The molecule has 0 aromatic heterocycles. The molecule has 5 N–H and O–H groups in total. The molecule has 7 nitrogen and oxygen atoms in total. The van der Waals surface area contributed by atoms with E-state index in [0.29, 0.717) is 0 Å². The summed E-state index contributed by atoms with van der Waals surface area (Å²) in [7, 11) is 0. The van der Waals surface area contributed by atoms with E-state index in [2.05, 4.69) is 5.32 Å². The van der Waals surface area contributed by atoms with E-state index in [1.165, 1.54) is 18.2 Å². The molecule has 0 fully saturated rings. The van der Waals surface area contributed by atoms with Crippen molar-refractivity contribution in [2.24, 2.45) is 5.73 Å². The fraction of sp³-hybridized carbons (Fsp3) is 0.182. The minimum atomic E-state index is -1.47. The average molecular weight is 269 g/mol. The first-order valence-electron chi connectivity index (χ1n) is 5.23. The number of nitrogens with one attached hydrogen (secondary N) is 2. The summed E-state index contributed by atoms with van der Waals surface area (Å²) in [5.41, 5.74) is 4.74. The second-order valence-electron chi connectivity index (χ2n) is 3.64. The number of hydrogen-bond donors (Lipinski definition) is 4. The van der Waals surface area contributed by atoms with Crippen LogP contribution >= 0.6 is 0 Å². The molecule has 1 rings (SSSR count). The molecule has 0 bridgehead atoms. The second kappa shape index (κ2) is 6.34. The van der Waals surface area contributed by atoms with Crippen molar-refractivity contribution in [1.82, 2.24) is 5.32 Å². The zero-order chi connectivity index (χ0) is 14.4. The third-order valence-corrected chi connectivity index (χ3v) is 2.13. The predicted molar refractivity (Wildman–Crippen MR) is 63.8 cm³/mol. The average Bonchev–Trinajstić information content (AvgIpc) is 2.30. The summed E-state index contributed by atoms with van der Waals surface area (Å²) >= 11 is 0. The van der Waals surface area contributed by atoms with Crippen molar-refractivity contribution < 1.29 is 23.9 Å². The smallest absolute Gasteiger partial charge is 0.326 e. The summed E-state index contributed by atoms with van der Waals surface area (Å²) in [5.74, 6) is -2.96. The van der Waals surface area contributed by atoms with Gasteiger partial charge in [0.25, 0.3) is 0 Å². The Morgan fingerprint density at radius 1 is 1.32 bits per heavy atom. The van der Waals surface area contributed by atoms with E-state index in [0.717, 1.165) is 6.07 Å². The lowest BCUT2D eigenvalue weighted by Crippen LogP contribution is -2.45. The second-order valence-corrected chi connectivity index (χ2v) is 3.64. The molecule has 0 saturated carbocycles. The number of carbonyl (C=O) groups excluding carboxylic acids is 2. The van der Waals surface area contributed by atoms with Crippen molar-refractivity contribution in [2.45, 2.75) is 12.5 Å². The van der Waals surface area contributed by atoms with Crippen molar-refractivity contribution in [3.05, 3.63) is 30.1 Å². The largest absolute Gasteiger partial charge is 0.480 e. The maximum Gasteiger partial charge on any atom is 0.326 e. The van der Waals surface area contributed by atoms with Gasteiger partial charge in [-0.05, 0) is 12.1 Å². The van der Waals surface area contributed by atoms with Gasteiger partial charge in [0.15, 0.2) is 0 Å². The molecule has 102 valence electrons. The van der Waals surface area contributed by atoms with E-state index in [-0.39, 0.29) is 5.69 Å². The Balaban J connectivity index is 2.65. The molecule has 8 heteroatoms. The standard InChI is InChI=1S/C11H12FN3O4/c12-6-3-1-2-4-7(6)14-11(19)15-8(10(17)18)5-9(13)16/h1-4,8H,5H2,(H2,13,16)(H,17,18)(H2,14,15,19)/t8-/m0/s1. The molecule has 0 saturated heterocycles. The molecule has 1 atom stereocenters. The Hall–Kier alpha value is -2.64. The molecule has 1 aromatic carbocycles. The van der Waals surface area contributed by atoms with Crippen LogP contribution in [0, 0.1) is 5.82 Å². The van der Waals surface area contributed by atoms with Gasteiger partial charge in [0.2, 0.25) is 5.91 Å². The van der Waals surface area contributed by atoms with Crippen LogP contribution in [0.15, 0.2) is 24.3 Å². The van der Waals surface area contributed by atoms with E-state index in [1.54, 1.807) is 0 Å². The molecule has 0 aliphatic carbocycles. The Morgan fingerprint density at radius 2 is 1.95 bits per heavy atom. The lowest BCUT2D eigenvalue weighted by molar-refractivity contribution is -0.140. The van der Waals surface area contributed by atoms with Crippen molar-refractivity contribution in [3.63, 3.8) is 0 Å². The van der Waals surface area contributed by atoms with Gasteiger partial charge < -0.3 is 21.5 Å². The molecule has 0 heterocycles. The minimum Gasteiger partial charge on any atom is -0.480 e. The number of anilines is 1. The summed E-state index contributed by atoms with van der Waals surface area (Å²) < 4.78 is 13.2.